The summed E-state index contributed by atoms with van der Waals surface area (Å²) in [6.07, 6.45) is 7.73. The molecule has 4 nitrogen and oxygen atoms in total. The minimum absolute atomic E-state index is 0.0306. The number of fused-ring (bicyclic) bond motifs is 2. The van der Waals surface area contributed by atoms with Crippen LogP contribution < -0.4 is 0 Å². The Morgan fingerprint density at radius 3 is 3.00 bits per heavy atom. The van der Waals surface area contributed by atoms with Gasteiger partial charge in [-0.05, 0) is 39.0 Å². The molecule has 18 heavy (non-hydrogen) atoms. The molecule has 2 aliphatic heterocycles. The standard InChI is InChI=1S/C14H22O4/c1-10-5-3-2-4-6-11-7-8-12(15)13(18-11)9-14(16)17-10/h4,6,10-13,15H,2-3,5,7-9H2,1H3/b6-4-/t10-,11+,12-,13-/m0/s1. The smallest absolute Gasteiger partial charge is 0.308 e. The Balaban J connectivity index is 2.03. The number of allylic oxidation sites excluding steroid dienone is 1. The number of cyclic esters (lactones) is 1. The van der Waals surface area contributed by atoms with Crippen molar-refractivity contribution >= 4 is 5.97 Å². The predicted octanol–water partition coefficient (Wildman–Crippen LogP) is 1.96. The minimum Gasteiger partial charge on any atom is -0.463 e. The first-order valence-corrected chi connectivity index (χ1v) is 6.85. The number of ether oxygens (including phenoxy) is 2. The molecule has 0 aromatic heterocycles. The summed E-state index contributed by atoms with van der Waals surface area (Å²) in [4.78, 5) is 11.7. The Bertz CT molecular complexity index is 313. The first-order valence-electron chi connectivity index (χ1n) is 6.85. The minimum atomic E-state index is -0.555. The molecule has 0 saturated carbocycles. The van der Waals surface area contributed by atoms with Crippen molar-refractivity contribution in [2.24, 2.45) is 0 Å². The van der Waals surface area contributed by atoms with Crippen LogP contribution in [0.3, 0.4) is 0 Å². The van der Waals surface area contributed by atoms with Crippen molar-refractivity contribution in [3.05, 3.63) is 12.2 Å². The van der Waals surface area contributed by atoms with Gasteiger partial charge in [0, 0.05) is 0 Å². The summed E-state index contributed by atoms with van der Waals surface area (Å²) < 4.78 is 11.0. The average Bonchev–Trinajstić information content (AvgIpc) is 2.31. The van der Waals surface area contributed by atoms with Gasteiger partial charge in [0.2, 0.25) is 0 Å². The number of carbonyl (C=O) groups is 1. The molecular weight excluding hydrogens is 232 g/mol. The van der Waals surface area contributed by atoms with Crippen LogP contribution in [0.25, 0.3) is 0 Å². The molecule has 0 aliphatic carbocycles. The molecule has 1 fully saturated rings. The molecule has 4 heteroatoms. The van der Waals surface area contributed by atoms with E-state index in [1.54, 1.807) is 0 Å². The zero-order valence-corrected chi connectivity index (χ0v) is 10.9. The van der Waals surface area contributed by atoms with Crippen LogP contribution in [0.1, 0.15) is 45.4 Å². The van der Waals surface area contributed by atoms with Gasteiger partial charge in [0.25, 0.3) is 0 Å². The third-order valence-electron chi connectivity index (χ3n) is 3.56. The van der Waals surface area contributed by atoms with E-state index in [0.29, 0.717) is 6.42 Å². The lowest BCUT2D eigenvalue weighted by Crippen LogP contribution is -2.40. The van der Waals surface area contributed by atoms with Crippen LogP contribution in [-0.2, 0) is 14.3 Å². The highest BCUT2D eigenvalue weighted by Crippen LogP contribution is 2.24. The summed E-state index contributed by atoms with van der Waals surface area (Å²) in [5.41, 5.74) is 0. The van der Waals surface area contributed by atoms with Crippen molar-refractivity contribution in [1.29, 1.82) is 0 Å². The number of hydrogen-bond acceptors (Lipinski definition) is 4. The normalized spacial score (nSPS) is 40.2. The monoisotopic (exact) mass is 254 g/mol. The fourth-order valence-corrected chi connectivity index (χ4v) is 2.50. The van der Waals surface area contributed by atoms with Gasteiger partial charge < -0.3 is 14.6 Å². The largest absolute Gasteiger partial charge is 0.463 e. The van der Waals surface area contributed by atoms with Gasteiger partial charge in [-0.3, -0.25) is 4.79 Å². The molecule has 0 unspecified atom stereocenters. The second-order valence-electron chi connectivity index (χ2n) is 5.22. The fraction of sp³-hybridized carbons (Fsp3) is 0.786. The lowest BCUT2D eigenvalue weighted by Gasteiger charge is -2.32. The molecule has 1 saturated heterocycles. The van der Waals surface area contributed by atoms with Crippen LogP contribution in [0.4, 0.5) is 0 Å². The van der Waals surface area contributed by atoms with Gasteiger partial charge in [-0.25, -0.2) is 0 Å². The first-order chi connectivity index (χ1) is 8.65. The summed E-state index contributed by atoms with van der Waals surface area (Å²) in [5.74, 6) is -0.267. The molecule has 2 bridgehead atoms. The Morgan fingerprint density at radius 2 is 2.17 bits per heavy atom. The summed E-state index contributed by atoms with van der Waals surface area (Å²) in [5, 5.41) is 9.85. The van der Waals surface area contributed by atoms with E-state index >= 15 is 0 Å². The topological polar surface area (TPSA) is 55.8 Å². The number of carbonyl (C=O) groups excluding carboxylic acids is 1. The highest BCUT2D eigenvalue weighted by molar-refractivity contribution is 5.70. The van der Waals surface area contributed by atoms with E-state index in [0.717, 1.165) is 25.7 Å². The van der Waals surface area contributed by atoms with E-state index in [1.165, 1.54) is 0 Å². The van der Waals surface area contributed by atoms with Gasteiger partial charge >= 0.3 is 5.97 Å². The predicted molar refractivity (Wildman–Crippen MR) is 67.1 cm³/mol. The first kappa shape index (κ1) is 13.6. The average molecular weight is 254 g/mol. The Hall–Kier alpha value is -0.870. The molecule has 2 rings (SSSR count). The molecule has 1 N–H and O–H groups in total. The van der Waals surface area contributed by atoms with E-state index in [1.807, 2.05) is 6.92 Å². The Labute approximate surface area is 108 Å². The second-order valence-corrected chi connectivity index (χ2v) is 5.22. The van der Waals surface area contributed by atoms with Crippen molar-refractivity contribution in [2.45, 2.75) is 69.9 Å². The zero-order valence-electron chi connectivity index (χ0n) is 10.9. The number of aliphatic hydroxyl groups is 1. The third kappa shape index (κ3) is 3.82. The molecule has 102 valence electrons. The van der Waals surface area contributed by atoms with E-state index in [2.05, 4.69) is 12.2 Å². The summed E-state index contributed by atoms with van der Waals surface area (Å²) in [7, 11) is 0. The number of rotatable bonds is 0. The molecule has 0 amide bonds. The maximum absolute atomic E-state index is 11.7. The van der Waals surface area contributed by atoms with Gasteiger partial charge in [0.05, 0.1) is 30.8 Å². The molecule has 2 heterocycles. The fourth-order valence-electron chi connectivity index (χ4n) is 2.50. The Kier molecular flexibility index (Phi) is 4.78. The highest BCUT2D eigenvalue weighted by Gasteiger charge is 2.31. The van der Waals surface area contributed by atoms with Crippen LogP contribution in [0.5, 0.6) is 0 Å². The lowest BCUT2D eigenvalue weighted by atomic mass is 9.98. The SMILES string of the molecule is C[C@H]1CCC/C=C\[C@@H]2CC[C@H](O)[C@H](CC(=O)O1)O2. The maximum Gasteiger partial charge on any atom is 0.308 e. The molecule has 0 radical (unpaired) electrons. The maximum atomic E-state index is 11.7. The number of hydrogen-bond donors (Lipinski definition) is 1. The lowest BCUT2D eigenvalue weighted by molar-refractivity contribution is -0.160. The number of esters is 1. The molecular formula is C14H22O4. The molecule has 0 spiro atoms. The van der Waals surface area contributed by atoms with Crippen LogP contribution in [0.15, 0.2) is 12.2 Å². The Morgan fingerprint density at radius 1 is 1.33 bits per heavy atom. The highest BCUT2D eigenvalue weighted by atomic mass is 16.5. The molecule has 0 aromatic rings. The molecule has 2 aliphatic rings. The van der Waals surface area contributed by atoms with Gasteiger partial charge in [-0.2, -0.15) is 0 Å². The molecule has 0 aromatic carbocycles. The van der Waals surface area contributed by atoms with Crippen molar-refractivity contribution in [3.63, 3.8) is 0 Å². The van der Waals surface area contributed by atoms with Crippen LogP contribution in [0.2, 0.25) is 0 Å². The van der Waals surface area contributed by atoms with Gasteiger partial charge in [0.1, 0.15) is 0 Å². The van der Waals surface area contributed by atoms with Crippen molar-refractivity contribution in [2.75, 3.05) is 0 Å². The van der Waals surface area contributed by atoms with Crippen LogP contribution in [-0.4, -0.2) is 35.5 Å². The summed E-state index contributed by atoms with van der Waals surface area (Å²) in [6.45, 7) is 1.91. The van der Waals surface area contributed by atoms with E-state index in [4.69, 9.17) is 9.47 Å². The van der Waals surface area contributed by atoms with Gasteiger partial charge in [-0.15, -0.1) is 0 Å². The van der Waals surface area contributed by atoms with Crippen LogP contribution in [0, 0.1) is 0 Å². The van der Waals surface area contributed by atoms with E-state index in [9.17, 15) is 9.90 Å². The van der Waals surface area contributed by atoms with Crippen molar-refractivity contribution < 1.29 is 19.4 Å². The third-order valence-corrected chi connectivity index (χ3v) is 3.56. The summed E-state index contributed by atoms with van der Waals surface area (Å²) >= 11 is 0. The van der Waals surface area contributed by atoms with E-state index < -0.39 is 12.2 Å². The number of aliphatic hydroxyl groups excluding tert-OH is 1. The van der Waals surface area contributed by atoms with Crippen molar-refractivity contribution in [1.82, 2.24) is 0 Å². The quantitative estimate of drug-likeness (QED) is 0.530. The molecule has 4 atom stereocenters. The summed E-state index contributed by atoms with van der Waals surface area (Å²) in [6, 6.07) is 0. The zero-order chi connectivity index (χ0) is 13.0. The van der Waals surface area contributed by atoms with E-state index in [-0.39, 0.29) is 24.6 Å². The van der Waals surface area contributed by atoms with Crippen molar-refractivity contribution in [3.8, 4) is 0 Å². The van der Waals surface area contributed by atoms with Gasteiger partial charge in [0.15, 0.2) is 0 Å². The second kappa shape index (κ2) is 6.34. The van der Waals surface area contributed by atoms with Gasteiger partial charge in [-0.1, -0.05) is 12.2 Å². The van der Waals surface area contributed by atoms with Crippen LogP contribution >= 0.6 is 0 Å².